The smallest absolute Gasteiger partial charge is 0.135 e. The molecule has 1 unspecified atom stereocenters. The van der Waals surface area contributed by atoms with Crippen molar-refractivity contribution in [1.82, 2.24) is 0 Å². The first-order valence-electron chi connectivity index (χ1n) is 5.24. The highest BCUT2D eigenvalue weighted by atomic mass is 35.5. The predicted molar refractivity (Wildman–Crippen MR) is 68.6 cm³/mol. The van der Waals surface area contributed by atoms with Crippen LogP contribution >= 0.6 is 23.2 Å². The minimum atomic E-state index is -0.665. The zero-order valence-corrected chi connectivity index (χ0v) is 10.8. The first-order chi connectivity index (χ1) is 8.08. The van der Waals surface area contributed by atoms with Gasteiger partial charge in [0.25, 0.3) is 0 Å². The highest BCUT2D eigenvalue weighted by Crippen LogP contribution is 2.27. The van der Waals surface area contributed by atoms with Gasteiger partial charge in [-0.25, -0.2) is 0 Å². The van der Waals surface area contributed by atoms with E-state index in [0.717, 1.165) is 11.1 Å². The Labute approximate surface area is 110 Å². The summed E-state index contributed by atoms with van der Waals surface area (Å²) in [4.78, 5) is 0. The Balaban J connectivity index is 2.16. The first-order valence-corrected chi connectivity index (χ1v) is 5.99. The highest BCUT2D eigenvalue weighted by molar-refractivity contribution is 6.42. The van der Waals surface area contributed by atoms with Crippen LogP contribution in [0.2, 0.25) is 10.0 Å². The molecule has 90 valence electrons. The molecule has 2 nitrogen and oxygen atoms in total. The summed E-state index contributed by atoms with van der Waals surface area (Å²) in [5, 5.41) is 11.0. The third-order valence-electron chi connectivity index (χ3n) is 2.62. The Morgan fingerprint density at radius 3 is 2.59 bits per heavy atom. The Morgan fingerprint density at radius 2 is 2.00 bits per heavy atom. The van der Waals surface area contributed by atoms with Gasteiger partial charge in [-0.3, -0.25) is 0 Å². The molecule has 0 radical (unpaired) electrons. The molecule has 0 aliphatic heterocycles. The van der Waals surface area contributed by atoms with Crippen molar-refractivity contribution in [3.8, 4) is 0 Å². The van der Waals surface area contributed by atoms with Crippen LogP contribution in [-0.2, 0) is 6.42 Å². The minimum Gasteiger partial charge on any atom is -0.466 e. The molecule has 0 fully saturated rings. The number of rotatable bonds is 3. The van der Waals surface area contributed by atoms with Crippen molar-refractivity contribution in [3.05, 3.63) is 57.5 Å². The SMILES string of the molecule is Cc1ccoc1C(O)Cc1ccc(Cl)c(Cl)c1. The second-order valence-electron chi connectivity index (χ2n) is 3.94. The lowest BCUT2D eigenvalue weighted by atomic mass is 10.0. The van der Waals surface area contributed by atoms with Gasteiger partial charge in [-0.2, -0.15) is 0 Å². The van der Waals surface area contributed by atoms with Crippen LogP contribution in [0.3, 0.4) is 0 Å². The van der Waals surface area contributed by atoms with Crippen LogP contribution in [0.25, 0.3) is 0 Å². The fraction of sp³-hybridized carbons (Fsp3) is 0.231. The molecule has 0 amide bonds. The number of benzene rings is 1. The third kappa shape index (κ3) is 2.83. The number of halogens is 2. The summed E-state index contributed by atoms with van der Waals surface area (Å²) in [5.74, 6) is 0.594. The summed E-state index contributed by atoms with van der Waals surface area (Å²) >= 11 is 11.7. The molecule has 1 aromatic heterocycles. The number of furan rings is 1. The molecular formula is C13H12Cl2O2. The molecule has 2 rings (SSSR count). The molecule has 0 aliphatic rings. The molecule has 1 heterocycles. The predicted octanol–water partition coefficient (Wildman–Crippen LogP) is 4.17. The zero-order chi connectivity index (χ0) is 12.4. The summed E-state index contributed by atoms with van der Waals surface area (Å²) in [7, 11) is 0. The average Bonchev–Trinajstić information content (AvgIpc) is 2.70. The minimum absolute atomic E-state index is 0.450. The Bertz CT molecular complexity index is 520. The molecule has 0 bridgehead atoms. The maximum absolute atomic E-state index is 10.0. The van der Waals surface area contributed by atoms with E-state index in [0.29, 0.717) is 22.2 Å². The van der Waals surface area contributed by atoms with Crippen LogP contribution in [0.15, 0.2) is 34.9 Å². The molecular weight excluding hydrogens is 259 g/mol. The molecule has 1 aromatic carbocycles. The fourth-order valence-corrected chi connectivity index (χ4v) is 2.03. The normalized spacial score (nSPS) is 12.7. The van der Waals surface area contributed by atoms with Gasteiger partial charge in [0.05, 0.1) is 16.3 Å². The third-order valence-corrected chi connectivity index (χ3v) is 3.36. The van der Waals surface area contributed by atoms with Gasteiger partial charge in [0, 0.05) is 6.42 Å². The second-order valence-corrected chi connectivity index (χ2v) is 4.75. The lowest BCUT2D eigenvalue weighted by molar-refractivity contribution is 0.149. The van der Waals surface area contributed by atoms with Crippen LogP contribution in [0, 0.1) is 6.92 Å². The number of hydrogen-bond acceptors (Lipinski definition) is 2. The van der Waals surface area contributed by atoms with Gasteiger partial charge in [-0.1, -0.05) is 29.3 Å². The number of aryl methyl sites for hydroxylation is 1. The van der Waals surface area contributed by atoms with E-state index in [9.17, 15) is 5.11 Å². The van der Waals surface area contributed by atoms with E-state index in [4.69, 9.17) is 27.6 Å². The molecule has 1 N–H and O–H groups in total. The maximum atomic E-state index is 10.0. The number of aliphatic hydroxyl groups is 1. The topological polar surface area (TPSA) is 33.4 Å². The van der Waals surface area contributed by atoms with Crippen LogP contribution in [0.4, 0.5) is 0 Å². The zero-order valence-electron chi connectivity index (χ0n) is 9.28. The lowest BCUT2D eigenvalue weighted by Gasteiger charge is -2.09. The van der Waals surface area contributed by atoms with Crippen molar-refractivity contribution >= 4 is 23.2 Å². The molecule has 0 spiro atoms. The summed E-state index contributed by atoms with van der Waals surface area (Å²) in [6.45, 7) is 1.90. The van der Waals surface area contributed by atoms with Gasteiger partial charge in [0.1, 0.15) is 11.9 Å². The van der Waals surface area contributed by atoms with Gasteiger partial charge < -0.3 is 9.52 Å². The molecule has 0 saturated carbocycles. The van der Waals surface area contributed by atoms with Gasteiger partial charge in [-0.15, -0.1) is 0 Å². The Kier molecular flexibility index (Phi) is 3.77. The summed E-state index contributed by atoms with van der Waals surface area (Å²) in [5.41, 5.74) is 1.86. The van der Waals surface area contributed by atoms with Crippen molar-refractivity contribution in [3.63, 3.8) is 0 Å². The van der Waals surface area contributed by atoms with Crippen LogP contribution in [-0.4, -0.2) is 5.11 Å². The van der Waals surface area contributed by atoms with E-state index in [1.807, 2.05) is 19.1 Å². The average molecular weight is 271 g/mol. The van der Waals surface area contributed by atoms with Crippen LogP contribution in [0.5, 0.6) is 0 Å². The lowest BCUT2D eigenvalue weighted by Crippen LogP contribution is -2.02. The van der Waals surface area contributed by atoms with Crippen molar-refractivity contribution in [2.24, 2.45) is 0 Å². The van der Waals surface area contributed by atoms with E-state index >= 15 is 0 Å². The van der Waals surface area contributed by atoms with Crippen molar-refractivity contribution in [2.45, 2.75) is 19.4 Å². The van der Waals surface area contributed by atoms with E-state index in [2.05, 4.69) is 0 Å². The standard InChI is InChI=1S/C13H12Cl2O2/c1-8-4-5-17-13(8)12(16)7-9-2-3-10(14)11(15)6-9/h2-6,12,16H,7H2,1H3. The molecule has 17 heavy (non-hydrogen) atoms. The molecule has 2 aromatic rings. The molecule has 0 aliphatic carbocycles. The van der Waals surface area contributed by atoms with Gasteiger partial charge in [-0.05, 0) is 36.2 Å². The van der Waals surface area contributed by atoms with Crippen molar-refractivity contribution < 1.29 is 9.52 Å². The molecule has 1 atom stereocenters. The summed E-state index contributed by atoms with van der Waals surface area (Å²) < 4.78 is 5.24. The van der Waals surface area contributed by atoms with Crippen molar-refractivity contribution in [1.29, 1.82) is 0 Å². The summed E-state index contributed by atoms with van der Waals surface area (Å²) in [6.07, 6.45) is 1.36. The van der Waals surface area contributed by atoms with Crippen LogP contribution in [0.1, 0.15) is 23.0 Å². The summed E-state index contributed by atoms with van der Waals surface area (Å²) in [6, 6.07) is 7.15. The fourth-order valence-electron chi connectivity index (χ4n) is 1.71. The molecule has 4 heteroatoms. The maximum Gasteiger partial charge on any atom is 0.135 e. The first kappa shape index (κ1) is 12.5. The largest absolute Gasteiger partial charge is 0.466 e. The van der Waals surface area contributed by atoms with E-state index in [1.54, 1.807) is 18.4 Å². The van der Waals surface area contributed by atoms with Gasteiger partial charge in [0.2, 0.25) is 0 Å². The van der Waals surface area contributed by atoms with E-state index in [1.165, 1.54) is 0 Å². The monoisotopic (exact) mass is 270 g/mol. The number of aliphatic hydroxyl groups excluding tert-OH is 1. The molecule has 0 saturated heterocycles. The van der Waals surface area contributed by atoms with Gasteiger partial charge in [0.15, 0.2) is 0 Å². The highest BCUT2D eigenvalue weighted by Gasteiger charge is 2.14. The van der Waals surface area contributed by atoms with E-state index < -0.39 is 6.10 Å². The quantitative estimate of drug-likeness (QED) is 0.908. The van der Waals surface area contributed by atoms with Crippen LogP contribution < -0.4 is 0 Å². The van der Waals surface area contributed by atoms with Gasteiger partial charge >= 0.3 is 0 Å². The number of hydrogen-bond donors (Lipinski definition) is 1. The Hall–Kier alpha value is -0.960. The second kappa shape index (κ2) is 5.13. The Morgan fingerprint density at radius 1 is 1.24 bits per heavy atom. The van der Waals surface area contributed by atoms with E-state index in [-0.39, 0.29) is 0 Å². The van der Waals surface area contributed by atoms with Crippen molar-refractivity contribution in [2.75, 3.05) is 0 Å².